The Balaban J connectivity index is 0. The molecule has 1 rings (SSSR count). The van der Waals surface area contributed by atoms with E-state index in [1.165, 1.54) is 0 Å². The quantitative estimate of drug-likeness (QED) is 0.800. The Labute approximate surface area is 137 Å². The molecule has 1 aromatic heterocycles. The number of halogens is 2. The fraction of sp³-hybridized carbons (Fsp3) is 0.692. The number of carbonyl (C=O) groups is 1. The zero-order chi connectivity index (χ0) is 13.5. The molecule has 0 aliphatic heterocycles. The summed E-state index contributed by atoms with van der Waals surface area (Å²) in [6, 6.07) is 0.0711. The number of amides is 1. The number of thiazole rings is 1. The van der Waals surface area contributed by atoms with Crippen molar-refractivity contribution in [3.63, 3.8) is 0 Å². The Morgan fingerprint density at radius 1 is 1.45 bits per heavy atom. The zero-order valence-corrected chi connectivity index (χ0v) is 14.7. The first-order valence-corrected chi connectivity index (χ1v) is 7.35. The van der Waals surface area contributed by atoms with Crippen molar-refractivity contribution in [2.24, 2.45) is 11.7 Å². The first-order chi connectivity index (χ1) is 8.55. The Morgan fingerprint density at radius 2 is 2.10 bits per heavy atom. The number of hydrogen-bond donors (Lipinski definition) is 2. The van der Waals surface area contributed by atoms with E-state index in [-0.39, 0.29) is 36.8 Å². The van der Waals surface area contributed by atoms with Crippen LogP contribution < -0.4 is 11.1 Å². The van der Waals surface area contributed by atoms with E-state index < -0.39 is 0 Å². The maximum atomic E-state index is 11.9. The third-order valence-corrected chi connectivity index (χ3v) is 3.69. The van der Waals surface area contributed by atoms with Crippen molar-refractivity contribution in [3.05, 3.63) is 16.1 Å². The number of aryl methyl sites for hydroxylation is 1. The van der Waals surface area contributed by atoms with Gasteiger partial charge in [-0.25, -0.2) is 4.98 Å². The highest BCUT2D eigenvalue weighted by Gasteiger charge is 2.13. The highest BCUT2D eigenvalue weighted by atomic mass is 35.5. The van der Waals surface area contributed by atoms with Crippen LogP contribution in [0.1, 0.15) is 37.9 Å². The molecule has 4 nitrogen and oxygen atoms in total. The van der Waals surface area contributed by atoms with Gasteiger partial charge in [-0.05, 0) is 18.8 Å². The Kier molecular flexibility index (Phi) is 12.4. The number of aromatic nitrogens is 1. The minimum absolute atomic E-state index is 0. The van der Waals surface area contributed by atoms with Gasteiger partial charge in [-0.1, -0.05) is 20.8 Å². The average molecular weight is 342 g/mol. The summed E-state index contributed by atoms with van der Waals surface area (Å²) in [5.74, 6) is 0.545. The molecule has 1 atom stereocenters. The molecule has 0 aromatic carbocycles. The smallest absolute Gasteiger partial charge is 0.226 e. The summed E-state index contributed by atoms with van der Waals surface area (Å²) in [4.78, 5) is 16.2. The van der Waals surface area contributed by atoms with Crippen LogP contribution in [0.3, 0.4) is 0 Å². The van der Waals surface area contributed by atoms with Gasteiger partial charge in [-0.2, -0.15) is 0 Å². The molecule has 0 spiro atoms. The molecule has 0 saturated carbocycles. The summed E-state index contributed by atoms with van der Waals surface area (Å²) in [6.07, 6.45) is 2.19. The topological polar surface area (TPSA) is 68.0 Å². The Morgan fingerprint density at radius 3 is 2.55 bits per heavy atom. The Hall–Kier alpha value is -0.360. The maximum Gasteiger partial charge on any atom is 0.226 e. The van der Waals surface area contributed by atoms with Gasteiger partial charge in [-0.3, -0.25) is 4.79 Å². The van der Waals surface area contributed by atoms with Crippen LogP contribution in [0, 0.1) is 5.92 Å². The van der Waals surface area contributed by atoms with E-state index in [1.54, 1.807) is 11.3 Å². The van der Waals surface area contributed by atoms with Crippen LogP contribution in [0.25, 0.3) is 0 Å². The molecule has 0 radical (unpaired) electrons. The second kappa shape index (κ2) is 11.3. The second-order valence-corrected chi connectivity index (χ2v) is 5.84. The van der Waals surface area contributed by atoms with Gasteiger partial charge in [0.15, 0.2) is 0 Å². The SMILES string of the molecule is CCc1nc(CC(=O)NC(CN)CC(C)C)cs1.Cl.Cl. The van der Waals surface area contributed by atoms with Gasteiger partial charge in [0.05, 0.1) is 17.1 Å². The summed E-state index contributed by atoms with van der Waals surface area (Å²) in [7, 11) is 0. The molecular weight excluding hydrogens is 317 g/mol. The average Bonchev–Trinajstić information content (AvgIpc) is 2.75. The third kappa shape index (κ3) is 8.04. The van der Waals surface area contributed by atoms with Crippen molar-refractivity contribution in [2.45, 2.75) is 46.1 Å². The molecule has 0 fully saturated rings. The van der Waals surface area contributed by atoms with E-state index in [9.17, 15) is 4.79 Å². The van der Waals surface area contributed by atoms with Crippen molar-refractivity contribution >= 4 is 42.1 Å². The molecule has 1 unspecified atom stereocenters. The van der Waals surface area contributed by atoms with E-state index in [4.69, 9.17) is 5.73 Å². The van der Waals surface area contributed by atoms with Crippen molar-refractivity contribution in [3.8, 4) is 0 Å². The fourth-order valence-electron chi connectivity index (χ4n) is 1.82. The molecular formula is C13H25Cl2N3OS. The van der Waals surface area contributed by atoms with Gasteiger partial charge in [-0.15, -0.1) is 36.2 Å². The second-order valence-electron chi connectivity index (χ2n) is 4.89. The van der Waals surface area contributed by atoms with Crippen molar-refractivity contribution in [1.82, 2.24) is 10.3 Å². The van der Waals surface area contributed by atoms with Gasteiger partial charge >= 0.3 is 0 Å². The molecule has 1 heterocycles. The van der Waals surface area contributed by atoms with E-state index in [0.29, 0.717) is 18.9 Å². The minimum atomic E-state index is 0. The standard InChI is InChI=1S/C13H23N3OS.2ClH/c1-4-13-16-11(8-18-13)6-12(17)15-10(7-14)5-9(2)3;;/h8-10H,4-7,14H2,1-3H3,(H,15,17);2*1H. The monoisotopic (exact) mass is 341 g/mol. The molecule has 1 aromatic rings. The number of carbonyl (C=O) groups excluding carboxylic acids is 1. The summed E-state index contributed by atoms with van der Waals surface area (Å²) < 4.78 is 0. The van der Waals surface area contributed by atoms with E-state index in [2.05, 4.69) is 31.1 Å². The molecule has 7 heteroatoms. The summed E-state index contributed by atoms with van der Waals surface area (Å²) in [6.45, 7) is 6.81. The van der Waals surface area contributed by atoms with Gasteiger partial charge in [0.25, 0.3) is 0 Å². The van der Waals surface area contributed by atoms with Crippen molar-refractivity contribution < 1.29 is 4.79 Å². The zero-order valence-electron chi connectivity index (χ0n) is 12.2. The highest BCUT2D eigenvalue weighted by Crippen LogP contribution is 2.11. The molecule has 0 bridgehead atoms. The maximum absolute atomic E-state index is 11.9. The molecule has 3 N–H and O–H groups in total. The predicted molar refractivity (Wildman–Crippen MR) is 90.1 cm³/mol. The van der Waals surface area contributed by atoms with Crippen molar-refractivity contribution in [2.75, 3.05) is 6.54 Å². The Bertz CT molecular complexity index is 385. The molecule has 1 amide bonds. The predicted octanol–water partition coefficient (Wildman–Crippen LogP) is 2.58. The lowest BCUT2D eigenvalue weighted by molar-refractivity contribution is -0.121. The van der Waals surface area contributed by atoms with Crippen LogP contribution in [0.4, 0.5) is 0 Å². The van der Waals surface area contributed by atoms with Crippen LogP contribution in [0.5, 0.6) is 0 Å². The number of hydrogen-bond acceptors (Lipinski definition) is 4. The van der Waals surface area contributed by atoms with Gasteiger partial charge < -0.3 is 11.1 Å². The first kappa shape index (κ1) is 21.9. The number of nitrogens with one attached hydrogen (secondary N) is 1. The largest absolute Gasteiger partial charge is 0.352 e. The van der Waals surface area contributed by atoms with E-state index >= 15 is 0 Å². The lowest BCUT2D eigenvalue weighted by Crippen LogP contribution is -2.41. The lowest BCUT2D eigenvalue weighted by atomic mass is 10.0. The van der Waals surface area contributed by atoms with Crippen LogP contribution >= 0.6 is 36.2 Å². The van der Waals surface area contributed by atoms with E-state index in [1.807, 2.05) is 5.38 Å². The van der Waals surface area contributed by atoms with Crippen LogP contribution in [-0.2, 0) is 17.6 Å². The summed E-state index contributed by atoms with van der Waals surface area (Å²) in [5.41, 5.74) is 6.52. The molecule has 0 aliphatic carbocycles. The molecule has 0 aliphatic rings. The van der Waals surface area contributed by atoms with E-state index in [0.717, 1.165) is 23.5 Å². The van der Waals surface area contributed by atoms with Crippen molar-refractivity contribution in [1.29, 1.82) is 0 Å². The first-order valence-electron chi connectivity index (χ1n) is 6.47. The van der Waals surface area contributed by atoms with Crippen LogP contribution in [0.15, 0.2) is 5.38 Å². The summed E-state index contributed by atoms with van der Waals surface area (Å²) in [5, 5.41) is 6.01. The highest BCUT2D eigenvalue weighted by molar-refractivity contribution is 7.09. The molecule has 118 valence electrons. The third-order valence-electron chi connectivity index (χ3n) is 2.65. The number of nitrogens with zero attached hydrogens (tertiary/aromatic N) is 1. The van der Waals surface area contributed by atoms with Gasteiger partial charge in [0.1, 0.15) is 0 Å². The number of nitrogens with two attached hydrogens (primary N) is 1. The van der Waals surface area contributed by atoms with Crippen LogP contribution in [0.2, 0.25) is 0 Å². The van der Waals surface area contributed by atoms with Gasteiger partial charge in [0.2, 0.25) is 5.91 Å². The normalized spacial score (nSPS) is 11.4. The number of rotatable bonds is 7. The summed E-state index contributed by atoms with van der Waals surface area (Å²) >= 11 is 1.61. The fourth-order valence-corrected chi connectivity index (χ4v) is 2.56. The lowest BCUT2D eigenvalue weighted by Gasteiger charge is -2.18. The molecule has 20 heavy (non-hydrogen) atoms. The minimum Gasteiger partial charge on any atom is -0.352 e. The van der Waals surface area contributed by atoms with Crippen LogP contribution in [-0.4, -0.2) is 23.5 Å². The molecule has 0 saturated heterocycles. The van der Waals surface area contributed by atoms with Gasteiger partial charge in [0, 0.05) is 18.0 Å².